The molecular formula is C6H12N2O7+2. The summed E-state index contributed by atoms with van der Waals surface area (Å²) in [6.45, 7) is 0. The van der Waals surface area contributed by atoms with E-state index in [9.17, 15) is 19.5 Å². The van der Waals surface area contributed by atoms with Gasteiger partial charge in [-0.15, -0.1) is 0 Å². The van der Waals surface area contributed by atoms with Crippen LogP contribution in [0.3, 0.4) is 0 Å². The van der Waals surface area contributed by atoms with E-state index in [0.29, 0.717) is 0 Å². The van der Waals surface area contributed by atoms with Crippen LogP contribution in [-0.2, 0) is 24.1 Å². The molecule has 86 valence electrons. The van der Waals surface area contributed by atoms with E-state index in [1.54, 1.807) is 0 Å². The molecule has 0 spiro atoms. The van der Waals surface area contributed by atoms with Crippen LogP contribution in [0.4, 0.5) is 0 Å². The van der Waals surface area contributed by atoms with E-state index in [1.165, 1.54) is 0 Å². The Labute approximate surface area is 83.5 Å². The third-order valence-corrected chi connectivity index (χ3v) is 1.55. The molecule has 15 heavy (non-hydrogen) atoms. The number of hydrogen-bond donors (Lipinski definition) is 4. The number of aliphatic hydroxyl groups is 1. The third-order valence-electron chi connectivity index (χ3n) is 1.55. The van der Waals surface area contributed by atoms with Gasteiger partial charge in [0.25, 0.3) is 0 Å². The monoisotopic (exact) mass is 224 g/mol. The molecule has 0 heterocycles. The minimum Gasteiger partial charge on any atom is -0.481 e. The number of carbonyl (C=O) groups excluding carboxylic acids is 2. The van der Waals surface area contributed by atoms with Crippen molar-refractivity contribution >= 4 is 17.9 Å². The predicted molar refractivity (Wildman–Crippen MR) is 39.8 cm³/mol. The number of carboxylic acids is 1. The van der Waals surface area contributed by atoms with E-state index in [4.69, 9.17) is 5.11 Å². The Bertz CT molecular complexity index is 279. The van der Waals surface area contributed by atoms with Gasteiger partial charge in [-0.05, 0) is 0 Å². The molecule has 1 atom stereocenters. The molecule has 8 N–H and O–H groups in total. The highest BCUT2D eigenvalue weighted by atomic mass is 16.7. The summed E-state index contributed by atoms with van der Waals surface area (Å²) in [6, 6.07) is 0. The second-order valence-electron chi connectivity index (χ2n) is 2.73. The summed E-state index contributed by atoms with van der Waals surface area (Å²) in [5, 5.41) is 18.0. The Hall–Kier alpha value is -1.71. The second-order valence-corrected chi connectivity index (χ2v) is 2.73. The Morgan fingerprint density at radius 3 is 2.00 bits per heavy atom. The maximum atomic E-state index is 11.0. The number of aliphatic carboxylic acids is 1. The van der Waals surface area contributed by atoms with Crippen LogP contribution in [0.2, 0.25) is 0 Å². The second kappa shape index (κ2) is 5.24. The van der Waals surface area contributed by atoms with Crippen molar-refractivity contribution in [3.63, 3.8) is 0 Å². The molecule has 0 aromatic rings. The Morgan fingerprint density at radius 2 is 1.67 bits per heavy atom. The summed E-state index contributed by atoms with van der Waals surface area (Å²) in [5.74, 6) is 1.65. The summed E-state index contributed by atoms with van der Waals surface area (Å²) < 4.78 is 0. The number of carboxylic acid groups (broad SMARTS) is 1. The fraction of sp³-hybridized carbons (Fsp3) is 0.500. The maximum absolute atomic E-state index is 11.0. The molecule has 0 aliphatic heterocycles. The lowest BCUT2D eigenvalue weighted by Crippen LogP contribution is -2.59. The van der Waals surface area contributed by atoms with Crippen LogP contribution >= 0.6 is 0 Å². The molecule has 9 nitrogen and oxygen atoms in total. The van der Waals surface area contributed by atoms with Gasteiger partial charge in [-0.25, -0.2) is 9.59 Å². The van der Waals surface area contributed by atoms with Gasteiger partial charge in [0.05, 0.1) is 12.8 Å². The van der Waals surface area contributed by atoms with Gasteiger partial charge in [0.15, 0.2) is 5.60 Å². The molecule has 0 amide bonds. The molecule has 0 aliphatic carbocycles. The number of carbonyl (C=O) groups is 3. The zero-order valence-electron chi connectivity index (χ0n) is 7.76. The zero-order chi connectivity index (χ0) is 12.1. The SMILES string of the molecule is [NH3+]OC(=O)CC(O)(CC(=O)O)C(=O)O[NH3+]. The van der Waals surface area contributed by atoms with Gasteiger partial charge >= 0.3 is 17.9 Å². The summed E-state index contributed by atoms with van der Waals surface area (Å²) in [4.78, 5) is 40.0. The lowest BCUT2D eigenvalue weighted by molar-refractivity contribution is -0.660. The van der Waals surface area contributed by atoms with Crippen LogP contribution in [0.25, 0.3) is 0 Å². The quantitative estimate of drug-likeness (QED) is 0.345. The average molecular weight is 224 g/mol. The van der Waals surface area contributed by atoms with Crippen molar-refractivity contribution in [2.45, 2.75) is 18.4 Å². The van der Waals surface area contributed by atoms with Crippen LogP contribution in [0, 0.1) is 0 Å². The van der Waals surface area contributed by atoms with Crippen molar-refractivity contribution in [2.75, 3.05) is 0 Å². The summed E-state index contributed by atoms with van der Waals surface area (Å²) >= 11 is 0. The van der Waals surface area contributed by atoms with Gasteiger partial charge in [-0.2, -0.15) is 11.8 Å². The van der Waals surface area contributed by atoms with Crippen molar-refractivity contribution in [1.29, 1.82) is 0 Å². The van der Waals surface area contributed by atoms with E-state index in [0.717, 1.165) is 0 Å². The van der Waals surface area contributed by atoms with E-state index < -0.39 is 36.4 Å². The van der Waals surface area contributed by atoms with Gasteiger partial charge in [0, 0.05) is 0 Å². The summed E-state index contributed by atoms with van der Waals surface area (Å²) in [7, 11) is 0. The van der Waals surface area contributed by atoms with Crippen LogP contribution in [0.15, 0.2) is 0 Å². The Kier molecular flexibility index (Phi) is 4.64. The molecule has 0 aromatic heterocycles. The minimum atomic E-state index is -2.48. The predicted octanol–water partition coefficient (Wildman–Crippen LogP) is -4.02. The normalized spacial score (nSPS) is 13.8. The van der Waals surface area contributed by atoms with E-state index in [2.05, 4.69) is 21.5 Å². The molecule has 0 fully saturated rings. The molecule has 9 heteroatoms. The highest BCUT2D eigenvalue weighted by Crippen LogP contribution is 2.17. The lowest BCUT2D eigenvalue weighted by Gasteiger charge is -2.19. The first-order chi connectivity index (χ1) is 6.85. The number of quaternary nitrogens is 2. The van der Waals surface area contributed by atoms with Crippen LogP contribution in [-0.4, -0.2) is 33.7 Å². The highest BCUT2D eigenvalue weighted by Gasteiger charge is 2.44. The van der Waals surface area contributed by atoms with Crippen molar-refractivity contribution in [3.05, 3.63) is 0 Å². The standard InChI is InChI=1S/C6H11N2O7/c7-14-4(11)2-6(13,1-3(9)10)5(12)15-8/h13H,1-2H2,7-8H3/q+1/p+1. The summed E-state index contributed by atoms with van der Waals surface area (Å²) in [6.07, 6.45) is -1.85. The van der Waals surface area contributed by atoms with E-state index in [-0.39, 0.29) is 0 Å². The van der Waals surface area contributed by atoms with Crippen LogP contribution < -0.4 is 11.8 Å². The van der Waals surface area contributed by atoms with Gasteiger partial charge in [-0.1, -0.05) is 0 Å². The minimum absolute atomic E-state index is 0.864. The maximum Gasteiger partial charge on any atom is 0.398 e. The van der Waals surface area contributed by atoms with E-state index in [1.807, 2.05) is 0 Å². The fourth-order valence-electron chi connectivity index (χ4n) is 0.881. The topological polar surface area (TPSA) is 165 Å². The first-order valence-electron chi connectivity index (χ1n) is 3.71. The summed E-state index contributed by atoms with van der Waals surface area (Å²) in [5.41, 5.74) is -2.48. The molecule has 0 saturated carbocycles. The lowest BCUT2D eigenvalue weighted by atomic mass is 9.96. The Morgan fingerprint density at radius 1 is 1.13 bits per heavy atom. The van der Waals surface area contributed by atoms with Crippen molar-refractivity contribution < 1.29 is 46.1 Å². The van der Waals surface area contributed by atoms with Gasteiger partial charge in [-0.3, -0.25) is 14.5 Å². The smallest absolute Gasteiger partial charge is 0.398 e. The van der Waals surface area contributed by atoms with Gasteiger partial charge in [0.1, 0.15) is 0 Å². The zero-order valence-corrected chi connectivity index (χ0v) is 7.76. The van der Waals surface area contributed by atoms with Gasteiger partial charge in [0.2, 0.25) is 0 Å². The Balaban J connectivity index is 4.76. The van der Waals surface area contributed by atoms with Crippen molar-refractivity contribution in [1.82, 2.24) is 0 Å². The number of rotatable bonds is 5. The van der Waals surface area contributed by atoms with E-state index >= 15 is 0 Å². The first-order valence-corrected chi connectivity index (χ1v) is 3.71. The first kappa shape index (κ1) is 13.3. The molecular weight excluding hydrogens is 212 g/mol. The van der Waals surface area contributed by atoms with Crippen LogP contribution in [0.1, 0.15) is 12.8 Å². The molecule has 1 unspecified atom stereocenters. The average Bonchev–Trinajstić information content (AvgIpc) is 2.14. The third kappa shape index (κ3) is 3.89. The fourth-order valence-corrected chi connectivity index (χ4v) is 0.881. The van der Waals surface area contributed by atoms with Gasteiger partial charge < -0.3 is 10.2 Å². The van der Waals surface area contributed by atoms with Crippen LogP contribution in [0.5, 0.6) is 0 Å². The number of hydrogen-bond acceptors (Lipinski definition) is 6. The molecule has 0 saturated heterocycles. The molecule has 0 aliphatic rings. The molecule has 0 aromatic carbocycles. The largest absolute Gasteiger partial charge is 0.481 e. The molecule has 0 rings (SSSR count). The van der Waals surface area contributed by atoms with Crippen molar-refractivity contribution in [2.24, 2.45) is 0 Å². The highest BCUT2D eigenvalue weighted by molar-refractivity contribution is 5.89. The molecule has 0 radical (unpaired) electrons. The molecule has 0 bridgehead atoms. The van der Waals surface area contributed by atoms with Crippen molar-refractivity contribution in [3.8, 4) is 0 Å².